The van der Waals surface area contributed by atoms with Crippen LogP contribution in [0.5, 0.6) is 0 Å². The molecule has 1 fully saturated rings. The minimum Gasteiger partial charge on any atom is -0.211 e. The second-order valence-corrected chi connectivity index (χ2v) is 7.52. The van der Waals surface area contributed by atoms with Crippen LogP contribution >= 0.6 is 15.9 Å². The van der Waals surface area contributed by atoms with E-state index in [1.54, 1.807) is 6.07 Å². The smallest absolute Gasteiger partial charge is 0.211 e. The molecular formula is C13H18BrNO2S. The molecule has 0 spiro atoms. The lowest BCUT2D eigenvalue weighted by Gasteiger charge is -2.14. The summed E-state index contributed by atoms with van der Waals surface area (Å²) < 4.78 is 27.2. The van der Waals surface area contributed by atoms with Gasteiger partial charge in [0.05, 0.1) is 4.90 Å². The SMILES string of the molecule is Cc1ccc(S(=O)(=O)NCC2(CBr)CC2)c(C)c1. The number of aryl methyl sites for hydroxylation is 2. The van der Waals surface area contributed by atoms with Gasteiger partial charge in [-0.2, -0.15) is 0 Å². The molecule has 3 nitrogen and oxygen atoms in total. The summed E-state index contributed by atoms with van der Waals surface area (Å²) in [6.45, 7) is 4.31. The summed E-state index contributed by atoms with van der Waals surface area (Å²) in [6.07, 6.45) is 2.18. The van der Waals surface area contributed by atoms with Gasteiger partial charge in [-0.1, -0.05) is 33.6 Å². The topological polar surface area (TPSA) is 46.2 Å². The maximum atomic E-state index is 12.2. The Bertz CT molecular complexity index is 550. The van der Waals surface area contributed by atoms with Crippen molar-refractivity contribution in [2.24, 2.45) is 5.41 Å². The van der Waals surface area contributed by atoms with Gasteiger partial charge in [-0.3, -0.25) is 0 Å². The Morgan fingerprint density at radius 2 is 2.00 bits per heavy atom. The zero-order valence-corrected chi connectivity index (χ0v) is 13.1. The lowest BCUT2D eigenvalue weighted by molar-refractivity contribution is 0.538. The molecule has 1 saturated carbocycles. The molecule has 1 aromatic carbocycles. The first-order valence-corrected chi connectivity index (χ1v) is 8.62. The summed E-state index contributed by atoms with van der Waals surface area (Å²) in [4.78, 5) is 0.387. The molecule has 0 saturated heterocycles. The Morgan fingerprint density at radius 3 is 2.50 bits per heavy atom. The van der Waals surface area contributed by atoms with E-state index < -0.39 is 10.0 Å². The van der Waals surface area contributed by atoms with Crippen molar-refractivity contribution < 1.29 is 8.42 Å². The van der Waals surface area contributed by atoms with Gasteiger partial charge in [0.2, 0.25) is 10.0 Å². The molecule has 0 atom stereocenters. The number of sulfonamides is 1. The number of hydrogen-bond donors (Lipinski definition) is 1. The highest BCUT2D eigenvalue weighted by Gasteiger charge is 2.42. The summed E-state index contributed by atoms with van der Waals surface area (Å²) in [7, 11) is -3.38. The van der Waals surface area contributed by atoms with Crippen LogP contribution in [0.25, 0.3) is 0 Å². The van der Waals surface area contributed by atoms with Crippen molar-refractivity contribution >= 4 is 26.0 Å². The number of rotatable bonds is 5. The van der Waals surface area contributed by atoms with Crippen LogP contribution in [0.4, 0.5) is 0 Å². The Kier molecular flexibility index (Phi) is 3.85. The third-order valence-corrected chi connectivity index (χ3v) is 6.25. The fraction of sp³-hybridized carbons (Fsp3) is 0.538. The molecule has 0 heterocycles. The minimum absolute atomic E-state index is 0.145. The standard InChI is InChI=1S/C13H18BrNO2S/c1-10-3-4-12(11(2)7-10)18(16,17)15-9-13(8-14)5-6-13/h3-4,7,15H,5-6,8-9H2,1-2H3. The van der Waals surface area contributed by atoms with Crippen LogP contribution in [0.3, 0.4) is 0 Å². The molecule has 0 radical (unpaired) electrons. The van der Waals surface area contributed by atoms with E-state index in [-0.39, 0.29) is 5.41 Å². The van der Waals surface area contributed by atoms with Crippen LogP contribution in [-0.2, 0) is 10.0 Å². The molecule has 5 heteroatoms. The molecular weight excluding hydrogens is 314 g/mol. The molecule has 18 heavy (non-hydrogen) atoms. The molecule has 1 aromatic rings. The molecule has 0 bridgehead atoms. The zero-order valence-electron chi connectivity index (χ0n) is 10.7. The van der Waals surface area contributed by atoms with Gasteiger partial charge < -0.3 is 0 Å². The molecule has 2 rings (SSSR count). The average molecular weight is 332 g/mol. The maximum Gasteiger partial charge on any atom is 0.240 e. The number of benzene rings is 1. The van der Waals surface area contributed by atoms with Gasteiger partial charge in [0.1, 0.15) is 0 Å². The van der Waals surface area contributed by atoms with Crippen LogP contribution in [0, 0.1) is 19.3 Å². The Labute approximate surface area is 117 Å². The molecule has 0 unspecified atom stereocenters. The zero-order chi connectivity index (χ0) is 13.4. The first-order valence-electron chi connectivity index (χ1n) is 6.01. The molecule has 1 N–H and O–H groups in total. The van der Waals surface area contributed by atoms with Gasteiger partial charge in [-0.05, 0) is 43.7 Å². The predicted molar refractivity (Wildman–Crippen MR) is 76.6 cm³/mol. The van der Waals surface area contributed by atoms with E-state index in [2.05, 4.69) is 20.7 Å². The third-order valence-electron chi connectivity index (χ3n) is 3.50. The molecule has 0 aliphatic heterocycles. The van der Waals surface area contributed by atoms with Gasteiger partial charge in [-0.25, -0.2) is 13.1 Å². The normalized spacial score (nSPS) is 17.7. The van der Waals surface area contributed by atoms with Crippen LogP contribution in [0.1, 0.15) is 24.0 Å². The van der Waals surface area contributed by atoms with Gasteiger partial charge in [0.25, 0.3) is 0 Å². The lowest BCUT2D eigenvalue weighted by atomic mass is 10.1. The first kappa shape index (κ1) is 14.0. The summed E-state index contributed by atoms with van der Waals surface area (Å²) in [6, 6.07) is 5.41. The van der Waals surface area contributed by atoms with Crippen molar-refractivity contribution in [3.05, 3.63) is 29.3 Å². The van der Waals surface area contributed by atoms with Crippen molar-refractivity contribution in [3.63, 3.8) is 0 Å². The summed E-state index contributed by atoms with van der Waals surface area (Å²) >= 11 is 3.45. The van der Waals surface area contributed by atoms with Gasteiger partial charge in [0.15, 0.2) is 0 Å². The van der Waals surface area contributed by atoms with Gasteiger partial charge in [0, 0.05) is 11.9 Å². The van der Waals surface area contributed by atoms with E-state index in [1.165, 1.54) is 0 Å². The van der Waals surface area contributed by atoms with Crippen molar-refractivity contribution in [1.29, 1.82) is 0 Å². The van der Waals surface area contributed by atoms with Crippen LogP contribution in [0.15, 0.2) is 23.1 Å². The van der Waals surface area contributed by atoms with E-state index in [4.69, 9.17) is 0 Å². The van der Waals surface area contributed by atoms with E-state index in [0.29, 0.717) is 11.4 Å². The summed E-state index contributed by atoms with van der Waals surface area (Å²) in [5.74, 6) is 0. The second kappa shape index (κ2) is 4.94. The second-order valence-electron chi connectivity index (χ2n) is 5.23. The summed E-state index contributed by atoms with van der Waals surface area (Å²) in [5.41, 5.74) is 2.02. The molecule has 1 aliphatic carbocycles. The van der Waals surface area contributed by atoms with Crippen molar-refractivity contribution in [2.75, 3.05) is 11.9 Å². The Hall–Kier alpha value is -0.390. The highest BCUT2D eigenvalue weighted by Crippen LogP contribution is 2.46. The maximum absolute atomic E-state index is 12.2. The number of alkyl halides is 1. The van der Waals surface area contributed by atoms with Gasteiger partial charge >= 0.3 is 0 Å². The van der Waals surface area contributed by atoms with E-state index in [0.717, 1.165) is 29.3 Å². The highest BCUT2D eigenvalue weighted by molar-refractivity contribution is 9.09. The molecule has 100 valence electrons. The van der Waals surface area contributed by atoms with E-state index >= 15 is 0 Å². The number of hydrogen-bond acceptors (Lipinski definition) is 2. The average Bonchev–Trinajstić information content (AvgIpc) is 3.07. The Morgan fingerprint density at radius 1 is 1.33 bits per heavy atom. The molecule has 1 aliphatic rings. The van der Waals surface area contributed by atoms with Crippen LogP contribution < -0.4 is 4.72 Å². The quantitative estimate of drug-likeness (QED) is 0.843. The fourth-order valence-corrected chi connectivity index (χ4v) is 4.10. The highest BCUT2D eigenvalue weighted by atomic mass is 79.9. The van der Waals surface area contributed by atoms with E-state index in [1.807, 2.05) is 26.0 Å². The minimum atomic E-state index is -3.38. The largest absolute Gasteiger partial charge is 0.240 e. The van der Waals surface area contributed by atoms with Crippen LogP contribution in [-0.4, -0.2) is 20.3 Å². The van der Waals surface area contributed by atoms with Crippen molar-refractivity contribution in [2.45, 2.75) is 31.6 Å². The van der Waals surface area contributed by atoms with E-state index in [9.17, 15) is 8.42 Å². The number of halogens is 1. The monoisotopic (exact) mass is 331 g/mol. The van der Waals surface area contributed by atoms with Crippen molar-refractivity contribution in [3.8, 4) is 0 Å². The van der Waals surface area contributed by atoms with Crippen LogP contribution in [0.2, 0.25) is 0 Å². The predicted octanol–water partition coefficient (Wildman–Crippen LogP) is 2.76. The van der Waals surface area contributed by atoms with Crippen molar-refractivity contribution in [1.82, 2.24) is 4.72 Å². The molecule has 0 aromatic heterocycles. The Balaban J connectivity index is 2.15. The summed E-state index contributed by atoms with van der Waals surface area (Å²) in [5, 5.41) is 0.857. The number of nitrogens with one attached hydrogen (secondary N) is 1. The third kappa shape index (κ3) is 2.95. The fourth-order valence-electron chi connectivity index (χ4n) is 1.96. The van der Waals surface area contributed by atoms with Gasteiger partial charge in [-0.15, -0.1) is 0 Å². The molecule has 0 amide bonds. The first-order chi connectivity index (χ1) is 8.38. The lowest BCUT2D eigenvalue weighted by Crippen LogP contribution is -2.31.